The van der Waals surface area contributed by atoms with Gasteiger partial charge >= 0.3 is 0 Å². The third-order valence-corrected chi connectivity index (χ3v) is 8.84. The van der Waals surface area contributed by atoms with Crippen molar-refractivity contribution in [2.75, 3.05) is 26.7 Å². The molecular weight excluding hydrogens is 448 g/mol. The van der Waals surface area contributed by atoms with E-state index >= 15 is 0 Å². The first-order valence-corrected chi connectivity index (χ1v) is 13.7. The molecule has 1 aliphatic heterocycles. The van der Waals surface area contributed by atoms with Crippen molar-refractivity contribution >= 4 is 21.1 Å². The maximum Gasteiger partial charge on any atom is 0.243 e. The zero-order valence-corrected chi connectivity index (χ0v) is 21.5. The lowest BCUT2D eigenvalue weighted by Gasteiger charge is -2.28. The Morgan fingerprint density at radius 3 is 2.53 bits per heavy atom. The van der Waals surface area contributed by atoms with Crippen molar-refractivity contribution in [3.63, 3.8) is 0 Å². The Morgan fingerprint density at radius 1 is 1.09 bits per heavy atom. The molecule has 1 saturated heterocycles. The van der Waals surface area contributed by atoms with Crippen LogP contribution in [0.2, 0.25) is 0 Å². The predicted octanol–water partition coefficient (Wildman–Crippen LogP) is 4.82. The van der Waals surface area contributed by atoms with Gasteiger partial charge in [0.05, 0.1) is 29.6 Å². The van der Waals surface area contributed by atoms with Gasteiger partial charge in [-0.05, 0) is 69.1 Å². The number of sulfonamides is 1. The van der Waals surface area contributed by atoms with Crippen LogP contribution in [0.4, 0.5) is 0 Å². The summed E-state index contributed by atoms with van der Waals surface area (Å²) >= 11 is 0. The molecular formula is C26H36N4O3S. The Labute approximate surface area is 203 Å². The van der Waals surface area contributed by atoms with Crippen LogP contribution in [0.1, 0.15) is 57.5 Å². The molecule has 8 heteroatoms. The van der Waals surface area contributed by atoms with E-state index in [1.807, 2.05) is 18.2 Å². The van der Waals surface area contributed by atoms with Crippen molar-refractivity contribution in [1.29, 1.82) is 0 Å². The molecule has 2 aromatic carbocycles. The molecule has 1 unspecified atom stereocenters. The van der Waals surface area contributed by atoms with Gasteiger partial charge < -0.3 is 9.30 Å². The topological polar surface area (TPSA) is 67.7 Å². The Morgan fingerprint density at radius 2 is 1.85 bits per heavy atom. The maximum atomic E-state index is 13.2. The molecule has 184 valence electrons. The first-order chi connectivity index (χ1) is 16.4. The van der Waals surface area contributed by atoms with Crippen LogP contribution in [0.3, 0.4) is 0 Å². The molecule has 1 aromatic heterocycles. The van der Waals surface area contributed by atoms with E-state index in [1.54, 1.807) is 23.5 Å². The molecule has 0 aliphatic carbocycles. The molecule has 1 fully saturated rings. The SMILES string of the molecule is CCN(Cc1nc2cc(S(=O)(=O)N3CCCCC3)ccc2n1CC)C(C)c1cccc(OC)c1. The molecule has 0 amide bonds. The highest BCUT2D eigenvalue weighted by atomic mass is 32.2. The summed E-state index contributed by atoms with van der Waals surface area (Å²) < 4.78 is 35.6. The summed E-state index contributed by atoms with van der Waals surface area (Å²) in [6, 6.07) is 13.7. The number of imidazole rings is 1. The number of nitrogens with zero attached hydrogens (tertiary/aromatic N) is 4. The zero-order chi connectivity index (χ0) is 24.3. The zero-order valence-electron chi connectivity index (χ0n) is 20.7. The lowest BCUT2D eigenvalue weighted by Crippen LogP contribution is -2.35. The van der Waals surface area contributed by atoms with Gasteiger partial charge in [-0.15, -0.1) is 0 Å². The van der Waals surface area contributed by atoms with Crippen LogP contribution in [0.25, 0.3) is 11.0 Å². The Kier molecular flexibility index (Phi) is 7.60. The van der Waals surface area contributed by atoms with Crippen LogP contribution in [0, 0.1) is 0 Å². The van der Waals surface area contributed by atoms with Crippen LogP contribution in [0.5, 0.6) is 5.75 Å². The maximum absolute atomic E-state index is 13.2. The van der Waals surface area contributed by atoms with E-state index in [4.69, 9.17) is 9.72 Å². The number of hydrogen-bond acceptors (Lipinski definition) is 5. The number of fused-ring (bicyclic) bond motifs is 1. The normalized spacial score (nSPS) is 16.3. The highest BCUT2D eigenvalue weighted by molar-refractivity contribution is 7.89. The summed E-state index contributed by atoms with van der Waals surface area (Å²) in [6.07, 6.45) is 2.94. The average Bonchev–Trinajstić information content (AvgIpc) is 3.23. The van der Waals surface area contributed by atoms with E-state index in [0.717, 1.165) is 55.0 Å². The van der Waals surface area contributed by atoms with Gasteiger partial charge in [-0.1, -0.05) is 25.5 Å². The summed E-state index contributed by atoms with van der Waals surface area (Å²) in [6.45, 7) is 9.95. The number of benzene rings is 2. The summed E-state index contributed by atoms with van der Waals surface area (Å²) in [5, 5.41) is 0. The van der Waals surface area contributed by atoms with Gasteiger partial charge in [-0.2, -0.15) is 4.31 Å². The highest BCUT2D eigenvalue weighted by Gasteiger charge is 2.27. The molecule has 3 aromatic rings. The second-order valence-corrected chi connectivity index (χ2v) is 10.8. The number of hydrogen-bond donors (Lipinski definition) is 0. The van der Waals surface area contributed by atoms with Gasteiger partial charge in [0.15, 0.2) is 0 Å². The summed E-state index contributed by atoms with van der Waals surface area (Å²) in [7, 11) is -1.80. The van der Waals surface area contributed by atoms with Gasteiger partial charge in [0.2, 0.25) is 10.0 Å². The van der Waals surface area contributed by atoms with Gasteiger partial charge in [-0.3, -0.25) is 4.90 Å². The second-order valence-electron chi connectivity index (χ2n) is 8.90. The number of rotatable bonds is 9. The quantitative estimate of drug-likeness (QED) is 0.435. The lowest BCUT2D eigenvalue weighted by molar-refractivity contribution is 0.205. The Balaban J connectivity index is 1.64. The molecule has 0 saturated carbocycles. The fourth-order valence-corrected chi connectivity index (χ4v) is 6.40. The Bertz CT molecular complexity index is 1230. The standard InChI is InChI=1S/C26H36N4O3S/c1-5-28(20(3)21-11-10-12-22(17-21)33-4)19-26-27-24-18-23(13-14-25(24)30(26)6-2)34(31,32)29-15-8-7-9-16-29/h10-14,17-18,20H,5-9,15-16,19H2,1-4H3. The third-order valence-electron chi connectivity index (χ3n) is 6.94. The van der Waals surface area contributed by atoms with Gasteiger partial charge in [0.1, 0.15) is 11.6 Å². The fourth-order valence-electron chi connectivity index (χ4n) is 4.86. The second kappa shape index (κ2) is 10.5. The monoisotopic (exact) mass is 484 g/mol. The molecule has 4 rings (SSSR count). The van der Waals surface area contributed by atoms with E-state index in [2.05, 4.69) is 42.4 Å². The molecule has 7 nitrogen and oxygen atoms in total. The van der Waals surface area contributed by atoms with Gasteiger partial charge in [0.25, 0.3) is 0 Å². The van der Waals surface area contributed by atoms with Crippen molar-refractivity contribution in [3.05, 3.63) is 53.9 Å². The first-order valence-electron chi connectivity index (χ1n) is 12.3. The molecule has 0 radical (unpaired) electrons. The van der Waals surface area contributed by atoms with Crippen LogP contribution < -0.4 is 4.74 Å². The number of aryl methyl sites for hydroxylation is 1. The largest absolute Gasteiger partial charge is 0.497 e. The highest BCUT2D eigenvalue weighted by Crippen LogP contribution is 2.28. The van der Waals surface area contributed by atoms with E-state index in [1.165, 1.54) is 5.56 Å². The number of methoxy groups -OCH3 is 1. The van der Waals surface area contributed by atoms with Crippen molar-refractivity contribution in [2.45, 2.75) is 64.1 Å². The molecule has 34 heavy (non-hydrogen) atoms. The van der Waals surface area contributed by atoms with Crippen LogP contribution in [-0.4, -0.2) is 53.9 Å². The van der Waals surface area contributed by atoms with E-state index in [0.29, 0.717) is 24.5 Å². The molecule has 1 atom stereocenters. The smallest absolute Gasteiger partial charge is 0.243 e. The van der Waals surface area contributed by atoms with Crippen LogP contribution in [0.15, 0.2) is 47.4 Å². The predicted molar refractivity (Wildman–Crippen MR) is 136 cm³/mol. The minimum absolute atomic E-state index is 0.181. The minimum atomic E-state index is -3.49. The minimum Gasteiger partial charge on any atom is -0.497 e. The van der Waals surface area contributed by atoms with Crippen LogP contribution >= 0.6 is 0 Å². The van der Waals surface area contributed by atoms with Crippen molar-refractivity contribution in [3.8, 4) is 5.75 Å². The molecule has 2 heterocycles. The summed E-state index contributed by atoms with van der Waals surface area (Å²) in [4.78, 5) is 7.62. The lowest BCUT2D eigenvalue weighted by atomic mass is 10.1. The van der Waals surface area contributed by atoms with E-state index in [-0.39, 0.29) is 6.04 Å². The first kappa shape index (κ1) is 24.7. The molecule has 1 aliphatic rings. The molecule has 0 N–H and O–H groups in total. The third kappa shape index (κ3) is 4.85. The van der Waals surface area contributed by atoms with E-state index < -0.39 is 10.0 Å². The van der Waals surface area contributed by atoms with Crippen molar-refractivity contribution in [2.24, 2.45) is 0 Å². The van der Waals surface area contributed by atoms with Crippen molar-refractivity contribution < 1.29 is 13.2 Å². The number of piperidine rings is 1. The van der Waals surface area contributed by atoms with Crippen LogP contribution in [-0.2, 0) is 23.1 Å². The van der Waals surface area contributed by atoms with Gasteiger partial charge in [0, 0.05) is 25.7 Å². The summed E-state index contributed by atoms with van der Waals surface area (Å²) in [5.74, 6) is 1.80. The molecule has 0 spiro atoms. The van der Waals surface area contributed by atoms with Crippen molar-refractivity contribution in [1.82, 2.24) is 18.8 Å². The molecule has 0 bridgehead atoms. The average molecular weight is 485 g/mol. The number of ether oxygens (including phenoxy) is 1. The van der Waals surface area contributed by atoms with E-state index in [9.17, 15) is 8.42 Å². The fraction of sp³-hybridized carbons (Fsp3) is 0.500. The number of aromatic nitrogens is 2. The van der Waals surface area contributed by atoms with Gasteiger partial charge in [-0.25, -0.2) is 13.4 Å². The Hall–Kier alpha value is -2.42. The summed E-state index contributed by atoms with van der Waals surface area (Å²) in [5.41, 5.74) is 2.90.